The number of aromatic nitrogens is 3. The van der Waals surface area contributed by atoms with E-state index in [1.54, 1.807) is 12.1 Å². The van der Waals surface area contributed by atoms with Crippen LogP contribution in [0.15, 0.2) is 39.5 Å². The lowest BCUT2D eigenvalue weighted by Crippen LogP contribution is -2.15. The third-order valence-electron chi connectivity index (χ3n) is 2.87. The second-order valence-electron chi connectivity index (χ2n) is 4.21. The number of rotatable bonds is 3. The first-order valence-corrected chi connectivity index (χ1v) is 6.18. The summed E-state index contributed by atoms with van der Waals surface area (Å²) < 4.78 is 6.29. The van der Waals surface area contributed by atoms with Gasteiger partial charge in [0.1, 0.15) is 0 Å². The Labute approximate surface area is 121 Å². The van der Waals surface area contributed by atoms with Gasteiger partial charge in [0.2, 0.25) is 0 Å². The van der Waals surface area contributed by atoms with Gasteiger partial charge in [-0.25, -0.2) is 4.79 Å². The molecule has 0 atom stereocenters. The number of nitrogens with zero attached hydrogens (tertiary/aromatic N) is 4. The molecule has 3 aromatic rings. The molecule has 0 spiro atoms. The van der Waals surface area contributed by atoms with Crippen molar-refractivity contribution in [3.05, 3.63) is 61.8 Å². The fraction of sp³-hybridized carbons (Fsp3) is 0.0833. The highest BCUT2D eigenvalue weighted by Gasteiger charge is 2.15. The Morgan fingerprint density at radius 3 is 2.76 bits per heavy atom. The molecule has 0 aliphatic heterocycles. The minimum atomic E-state index is -0.623. The van der Waals surface area contributed by atoms with Crippen molar-refractivity contribution in [1.29, 1.82) is 0 Å². The number of non-ortho nitro benzene ring substituents is 1. The fourth-order valence-electron chi connectivity index (χ4n) is 1.90. The Morgan fingerprint density at radius 2 is 2.10 bits per heavy atom. The van der Waals surface area contributed by atoms with E-state index < -0.39 is 10.7 Å². The van der Waals surface area contributed by atoms with Crippen molar-refractivity contribution in [3.8, 4) is 0 Å². The van der Waals surface area contributed by atoms with E-state index in [-0.39, 0.29) is 23.0 Å². The maximum atomic E-state index is 11.8. The van der Waals surface area contributed by atoms with E-state index in [2.05, 4.69) is 10.2 Å². The third kappa shape index (κ3) is 2.48. The minimum Gasteiger partial charge on any atom is -0.408 e. The van der Waals surface area contributed by atoms with E-state index in [1.165, 1.54) is 22.8 Å². The Balaban J connectivity index is 2.10. The van der Waals surface area contributed by atoms with E-state index in [1.807, 2.05) is 0 Å². The van der Waals surface area contributed by atoms with Crippen LogP contribution in [0.25, 0.3) is 11.1 Å². The molecule has 8 nitrogen and oxygen atoms in total. The average Bonchev–Trinajstić information content (AvgIpc) is 2.77. The molecule has 0 unspecified atom stereocenters. The Hall–Kier alpha value is -2.74. The van der Waals surface area contributed by atoms with E-state index >= 15 is 0 Å². The standard InChI is InChI=1S/C12H7ClN4O4/c13-11-4-1-7(14-15-11)6-16-9-5-8(17(19)20)2-3-10(9)21-12(16)18/h1-5H,6H2. The predicted octanol–water partition coefficient (Wildman–Crippen LogP) is 1.99. The summed E-state index contributed by atoms with van der Waals surface area (Å²) in [5.41, 5.74) is 0.952. The first-order valence-electron chi connectivity index (χ1n) is 5.80. The summed E-state index contributed by atoms with van der Waals surface area (Å²) in [5, 5.41) is 18.6. The van der Waals surface area contributed by atoms with Gasteiger partial charge in [-0.1, -0.05) is 11.6 Å². The number of hydrogen-bond donors (Lipinski definition) is 0. The maximum absolute atomic E-state index is 11.8. The van der Waals surface area contributed by atoms with Crippen molar-refractivity contribution >= 4 is 28.4 Å². The van der Waals surface area contributed by atoms with Gasteiger partial charge in [-0.05, 0) is 18.2 Å². The SMILES string of the molecule is O=c1oc2ccc([N+](=O)[O-])cc2n1Cc1ccc(Cl)nn1. The van der Waals surface area contributed by atoms with E-state index in [4.69, 9.17) is 16.0 Å². The number of nitro groups is 1. The van der Waals surface area contributed by atoms with Gasteiger partial charge in [0, 0.05) is 12.1 Å². The third-order valence-corrected chi connectivity index (χ3v) is 3.07. The molecule has 0 bridgehead atoms. The van der Waals surface area contributed by atoms with Gasteiger partial charge >= 0.3 is 5.76 Å². The van der Waals surface area contributed by atoms with E-state index in [0.29, 0.717) is 11.2 Å². The van der Waals surface area contributed by atoms with Crippen molar-refractivity contribution in [2.75, 3.05) is 0 Å². The van der Waals surface area contributed by atoms with Crippen LogP contribution < -0.4 is 5.76 Å². The zero-order chi connectivity index (χ0) is 15.0. The van der Waals surface area contributed by atoms with Crippen LogP contribution in [0.5, 0.6) is 0 Å². The number of fused-ring (bicyclic) bond motifs is 1. The molecule has 0 N–H and O–H groups in total. The molecule has 0 saturated carbocycles. The molecule has 2 heterocycles. The number of halogens is 1. The van der Waals surface area contributed by atoms with Crippen molar-refractivity contribution in [2.24, 2.45) is 0 Å². The molecule has 1 aromatic carbocycles. The number of benzene rings is 1. The molecule has 21 heavy (non-hydrogen) atoms. The van der Waals surface area contributed by atoms with Crippen LogP contribution in [0.4, 0.5) is 5.69 Å². The van der Waals surface area contributed by atoms with Crippen LogP contribution in [-0.4, -0.2) is 19.7 Å². The lowest BCUT2D eigenvalue weighted by atomic mass is 10.3. The van der Waals surface area contributed by atoms with E-state index in [9.17, 15) is 14.9 Å². The molecule has 0 amide bonds. The maximum Gasteiger partial charge on any atom is 0.420 e. The second-order valence-corrected chi connectivity index (χ2v) is 4.60. The van der Waals surface area contributed by atoms with Crippen LogP contribution in [0.3, 0.4) is 0 Å². The van der Waals surface area contributed by atoms with Gasteiger partial charge in [-0.3, -0.25) is 14.7 Å². The molecule has 9 heteroatoms. The van der Waals surface area contributed by atoms with Crippen molar-refractivity contribution < 1.29 is 9.34 Å². The Bertz CT molecular complexity index is 884. The molecule has 3 rings (SSSR count). The molecule has 0 saturated heterocycles. The summed E-state index contributed by atoms with van der Waals surface area (Å²) >= 11 is 5.64. The van der Waals surface area contributed by atoms with E-state index in [0.717, 1.165) is 0 Å². The first kappa shape index (κ1) is 13.3. The molecule has 0 radical (unpaired) electrons. The highest BCUT2D eigenvalue weighted by Crippen LogP contribution is 2.20. The molecule has 0 aliphatic rings. The predicted molar refractivity (Wildman–Crippen MR) is 73.3 cm³/mol. The summed E-state index contributed by atoms with van der Waals surface area (Å²) in [6.07, 6.45) is 0. The highest BCUT2D eigenvalue weighted by atomic mass is 35.5. The zero-order valence-electron chi connectivity index (χ0n) is 10.4. The Kier molecular flexibility index (Phi) is 3.15. The van der Waals surface area contributed by atoms with Crippen molar-refractivity contribution in [1.82, 2.24) is 14.8 Å². The van der Waals surface area contributed by atoms with Crippen molar-refractivity contribution in [3.63, 3.8) is 0 Å². The number of hydrogen-bond acceptors (Lipinski definition) is 6. The largest absolute Gasteiger partial charge is 0.420 e. The topological polar surface area (TPSA) is 104 Å². The normalized spacial score (nSPS) is 10.9. The van der Waals surface area contributed by atoms with Crippen molar-refractivity contribution in [2.45, 2.75) is 6.54 Å². The summed E-state index contributed by atoms with van der Waals surface area (Å²) in [5.74, 6) is -0.623. The summed E-state index contributed by atoms with van der Waals surface area (Å²) in [6.45, 7) is 0.0805. The summed E-state index contributed by atoms with van der Waals surface area (Å²) in [6, 6.07) is 7.10. The lowest BCUT2D eigenvalue weighted by Gasteiger charge is -2.01. The van der Waals surface area contributed by atoms with Gasteiger partial charge in [0.05, 0.1) is 22.7 Å². The van der Waals surface area contributed by atoms with Gasteiger partial charge < -0.3 is 4.42 Å². The van der Waals surface area contributed by atoms with Gasteiger partial charge in [-0.15, -0.1) is 5.10 Å². The molecule has 0 aliphatic carbocycles. The quantitative estimate of drug-likeness (QED) is 0.541. The monoisotopic (exact) mass is 306 g/mol. The van der Waals surface area contributed by atoms with Gasteiger partial charge in [0.25, 0.3) is 5.69 Å². The molecular formula is C12H7ClN4O4. The summed E-state index contributed by atoms with van der Waals surface area (Å²) in [4.78, 5) is 22.1. The van der Waals surface area contributed by atoms with Crippen LogP contribution in [0.1, 0.15) is 5.69 Å². The smallest absolute Gasteiger partial charge is 0.408 e. The molecule has 2 aromatic heterocycles. The lowest BCUT2D eigenvalue weighted by molar-refractivity contribution is -0.384. The number of oxazole rings is 1. The number of nitro benzene ring substituents is 1. The Morgan fingerprint density at radius 1 is 1.29 bits per heavy atom. The van der Waals surface area contributed by atoms with Crippen LogP contribution in [0, 0.1) is 10.1 Å². The highest BCUT2D eigenvalue weighted by molar-refractivity contribution is 6.29. The molecule has 106 valence electrons. The summed E-state index contributed by atoms with van der Waals surface area (Å²) in [7, 11) is 0. The zero-order valence-corrected chi connectivity index (χ0v) is 11.1. The van der Waals surface area contributed by atoms with Crippen LogP contribution in [0.2, 0.25) is 5.15 Å². The van der Waals surface area contributed by atoms with Crippen LogP contribution in [-0.2, 0) is 6.54 Å². The molecule has 0 fully saturated rings. The second kappa shape index (κ2) is 4.98. The van der Waals surface area contributed by atoms with Gasteiger partial charge in [0.15, 0.2) is 10.7 Å². The first-order chi connectivity index (χ1) is 10.0. The van der Waals surface area contributed by atoms with Gasteiger partial charge in [-0.2, -0.15) is 5.10 Å². The average molecular weight is 307 g/mol. The minimum absolute atomic E-state index is 0.0805. The van der Waals surface area contributed by atoms with Crippen LogP contribution >= 0.6 is 11.6 Å². The fourth-order valence-corrected chi connectivity index (χ4v) is 2.00. The molecular weight excluding hydrogens is 300 g/mol.